The zero-order valence-corrected chi connectivity index (χ0v) is 21.3. The first kappa shape index (κ1) is 24.3. The molecule has 5 heterocycles. The van der Waals surface area contributed by atoms with E-state index in [0.717, 1.165) is 25.0 Å². The number of aromatic nitrogens is 6. The van der Waals surface area contributed by atoms with E-state index in [0.29, 0.717) is 53.8 Å². The third kappa shape index (κ3) is 4.35. The molecule has 1 aromatic carbocycles. The molecule has 0 amide bonds. The molecule has 0 spiro atoms. The highest BCUT2D eigenvalue weighted by atomic mass is 19.1. The molecule has 1 unspecified atom stereocenters. The van der Waals surface area contributed by atoms with Crippen molar-refractivity contribution in [2.75, 3.05) is 43.4 Å². The summed E-state index contributed by atoms with van der Waals surface area (Å²) in [5.74, 6) is 0.948. The minimum atomic E-state index is -0.669. The van der Waals surface area contributed by atoms with Crippen LogP contribution in [0.3, 0.4) is 0 Å². The van der Waals surface area contributed by atoms with Gasteiger partial charge in [0.25, 0.3) is 0 Å². The molecule has 38 heavy (non-hydrogen) atoms. The fraction of sp³-hybridized carbons (Fsp3) is 0.385. The Bertz CT molecular complexity index is 1570. The minimum absolute atomic E-state index is 0.0314. The van der Waals surface area contributed by atoms with Crippen LogP contribution in [-0.4, -0.2) is 72.1 Å². The van der Waals surface area contributed by atoms with Gasteiger partial charge in [0.05, 0.1) is 36.2 Å². The molecule has 6 rings (SSSR count). The second-order valence-electron chi connectivity index (χ2n) is 9.95. The van der Waals surface area contributed by atoms with E-state index < -0.39 is 6.10 Å². The Morgan fingerprint density at radius 2 is 1.89 bits per heavy atom. The van der Waals surface area contributed by atoms with Crippen LogP contribution in [0.25, 0.3) is 28.3 Å². The Morgan fingerprint density at radius 3 is 2.61 bits per heavy atom. The highest BCUT2D eigenvalue weighted by molar-refractivity contribution is 5.90. The number of rotatable bonds is 7. The molecule has 3 N–H and O–H groups in total. The molecule has 1 saturated heterocycles. The molecule has 198 valence electrons. The number of hydrogen-bond donors (Lipinski definition) is 2. The van der Waals surface area contributed by atoms with Crippen LogP contribution < -0.4 is 10.6 Å². The van der Waals surface area contributed by atoms with Gasteiger partial charge in [-0.05, 0) is 35.7 Å². The Kier molecular flexibility index (Phi) is 6.20. The normalized spacial score (nSPS) is 15.8. The van der Waals surface area contributed by atoms with Gasteiger partial charge in [-0.1, -0.05) is 19.9 Å². The van der Waals surface area contributed by atoms with Crippen LogP contribution in [0.5, 0.6) is 0 Å². The lowest BCUT2D eigenvalue weighted by Gasteiger charge is -2.36. The number of halogens is 1. The summed E-state index contributed by atoms with van der Waals surface area (Å²) < 4.78 is 23.6. The molecule has 1 atom stereocenters. The summed E-state index contributed by atoms with van der Waals surface area (Å²) in [4.78, 5) is 13.5. The van der Waals surface area contributed by atoms with Gasteiger partial charge in [0, 0.05) is 32.7 Å². The first-order valence-electron chi connectivity index (χ1n) is 12.8. The van der Waals surface area contributed by atoms with Gasteiger partial charge < -0.3 is 20.2 Å². The molecule has 1 fully saturated rings. The van der Waals surface area contributed by atoms with Crippen molar-refractivity contribution in [1.29, 1.82) is 0 Å². The molecule has 0 radical (unpaired) electrons. The van der Waals surface area contributed by atoms with E-state index in [2.05, 4.69) is 30.0 Å². The summed E-state index contributed by atoms with van der Waals surface area (Å²) >= 11 is 0. The minimum Gasteiger partial charge on any atom is -0.461 e. The maximum absolute atomic E-state index is 14.9. The van der Waals surface area contributed by atoms with E-state index >= 15 is 0 Å². The van der Waals surface area contributed by atoms with Gasteiger partial charge >= 0.3 is 0 Å². The van der Waals surface area contributed by atoms with Crippen molar-refractivity contribution in [1.82, 2.24) is 34.3 Å². The molecule has 0 saturated carbocycles. The van der Waals surface area contributed by atoms with Crippen molar-refractivity contribution in [3.63, 3.8) is 0 Å². The topological polar surface area (TPSA) is 127 Å². The van der Waals surface area contributed by atoms with Gasteiger partial charge in [-0.3, -0.25) is 4.90 Å². The second kappa shape index (κ2) is 9.69. The summed E-state index contributed by atoms with van der Waals surface area (Å²) in [5.41, 5.74) is 8.61. The average molecular weight is 520 g/mol. The lowest BCUT2D eigenvalue weighted by atomic mass is 9.98. The molecule has 1 aliphatic heterocycles. The number of fused-ring (bicyclic) bond motifs is 3. The van der Waals surface area contributed by atoms with Gasteiger partial charge in [-0.2, -0.15) is 14.6 Å². The highest BCUT2D eigenvalue weighted by Crippen LogP contribution is 2.28. The Morgan fingerprint density at radius 1 is 1.08 bits per heavy atom. The first-order chi connectivity index (χ1) is 18.4. The Hall–Kier alpha value is -4.03. The van der Waals surface area contributed by atoms with Gasteiger partial charge in [0.1, 0.15) is 5.82 Å². The van der Waals surface area contributed by atoms with Gasteiger partial charge in [0.15, 0.2) is 17.1 Å². The third-order valence-corrected chi connectivity index (χ3v) is 7.12. The molecular formula is C26H30FN9O2. The summed E-state index contributed by atoms with van der Waals surface area (Å²) in [7, 11) is 0. The number of hydrogen-bond acceptors (Lipinski definition) is 9. The summed E-state index contributed by atoms with van der Waals surface area (Å²) in [6.45, 7) is 8.25. The van der Waals surface area contributed by atoms with Crippen molar-refractivity contribution in [2.24, 2.45) is 5.92 Å². The predicted octanol–water partition coefficient (Wildman–Crippen LogP) is 2.97. The van der Waals surface area contributed by atoms with Crippen LogP contribution in [0.1, 0.15) is 25.5 Å². The number of aliphatic hydroxyl groups excluding tert-OH is 1. The fourth-order valence-electron chi connectivity index (χ4n) is 4.93. The summed E-state index contributed by atoms with van der Waals surface area (Å²) in [6, 6.07) is 8.63. The molecular weight excluding hydrogens is 489 g/mol. The van der Waals surface area contributed by atoms with Gasteiger partial charge in [0.2, 0.25) is 11.8 Å². The van der Waals surface area contributed by atoms with Crippen LogP contribution in [0.2, 0.25) is 0 Å². The van der Waals surface area contributed by atoms with Crippen molar-refractivity contribution >= 4 is 28.3 Å². The first-order valence-corrected chi connectivity index (χ1v) is 12.8. The third-order valence-electron chi connectivity index (χ3n) is 7.12. The van der Waals surface area contributed by atoms with E-state index in [1.54, 1.807) is 30.7 Å². The lowest BCUT2D eigenvalue weighted by molar-refractivity contribution is 0.126. The quantitative estimate of drug-likeness (QED) is 0.334. The van der Waals surface area contributed by atoms with Crippen LogP contribution in [0, 0.1) is 11.7 Å². The number of furan rings is 1. The number of piperazine rings is 1. The molecule has 0 aliphatic carbocycles. The summed E-state index contributed by atoms with van der Waals surface area (Å²) in [5, 5.41) is 20.0. The Balaban J connectivity index is 1.12. The Labute approximate surface area is 218 Å². The van der Waals surface area contributed by atoms with Crippen molar-refractivity contribution in [3.8, 4) is 11.6 Å². The standard InChI is InChI=1S/C26H30FN9O2/c1-16(2)22(37)17-5-6-20(19(27)14-17)34-10-7-33(8-11-34)9-12-35-24-18(15-29-35)25-30-23(21-4-3-13-38-21)32-36(25)26(28)31-24/h3-6,13-16,22,37H,7-12H2,1-2H3,(H2,28,31). The van der Waals surface area contributed by atoms with E-state index in [-0.39, 0.29) is 17.7 Å². The number of nitrogens with two attached hydrogens (primary N) is 1. The molecule has 5 aromatic rings. The van der Waals surface area contributed by atoms with Gasteiger partial charge in [-0.25, -0.2) is 14.1 Å². The molecule has 0 bridgehead atoms. The van der Waals surface area contributed by atoms with E-state index in [1.807, 2.05) is 24.6 Å². The second-order valence-corrected chi connectivity index (χ2v) is 9.95. The number of nitrogens with zero attached hydrogens (tertiary/aromatic N) is 8. The van der Waals surface area contributed by atoms with E-state index in [4.69, 9.17) is 10.2 Å². The summed E-state index contributed by atoms with van der Waals surface area (Å²) in [6.07, 6.45) is 2.64. The number of benzene rings is 1. The number of aliphatic hydroxyl groups is 1. The zero-order chi connectivity index (χ0) is 26.4. The van der Waals surface area contributed by atoms with E-state index in [9.17, 15) is 9.50 Å². The maximum Gasteiger partial charge on any atom is 0.225 e. The van der Waals surface area contributed by atoms with Crippen molar-refractivity contribution < 1.29 is 13.9 Å². The molecule has 4 aromatic heterocycles. The molecule has 1 aliphatic rings. The van der Waals surface area contributed by atoms with Crippen molar-refractivity contribution in [3.05, 3.63) is 54.2 Å². The van der Waals surface area contributed by atoms with Crippen molar-refractivity contribution in [2.45, 2.75) is 26.5 Å². The van der Waals surface area contributed by atoms with Gasteiger partial charge in [-0.15, -0.1) is 5.10 Å². The van der Waals surface area contributed by atoms with Crippen LogP contribution in [0.4, 0.5) is 16.0 Å². The largest absolute Gasteiger partial charge is 0.461 e. The maximum atomic E-state index is 14.9. The van der Waals surface area contributed by atoms with Crippen LogP contribution >= 0.6 is 0 Å². The smallest absolute Gasteiger partial charge is 0.225 e. The zero-order valence-electron chi connectivity index (χ0n) is 21.3. The SMILES string of the molecule is CC(C)C(O)c1ccc(N2CCN(CCn3ncc4c3nc(N)n3nc(-c5ccco5)nc43)CC2)c(F)c1. The molecule has 11 nitrogen and oxygen atoms in total. The van der Waals surface area contributed by atoms with Crippen LogP contribution in [0.15, 0.2) is 47.2 Å². The number of anilines is 2. The fourth-order valence-corrected chi connectivity index (χ4v) is 4.93. The highest BCUT2D eigenvalue weighted by Gasteiger charge is 2.22. The number of nitrogen functional groups attached to an aromatic ring is 1. The predicted molar refractivity (Wildman–Crippen MR) is 141 cm³/mol. The monoisotopic (exact) mass is 519 g/mol. The van der Waals surface area contributed by atoms with E-state index in [1.165, 1.54) is 10.6 Å². The average Bonchev–Trinajstić information content (AvgIpc) is 3.67. The lowest BCUT2D eigenvalue weighted by Crippen LogP contribution is -2.47. The van der Waals surface area contributed by atoms with Crippen LogP contribution in [-0.2, 0) is 6.54 Å². The molecule has 12 heteroatoms.